The second-order valence-electron chi connectivity index (χ2n) is 5.95. The van der Waals surface area contributed by atoms with Crippen LogP contribution >= 0.6 is 23.4 Å². The molecule has 0 spiro atoms. The van der Waals surface area contributed by atoms with Crippen molar-refractivity contribution in [1.82, 2.24) is 9.29 Å². The Morgan fingerprint density at radius 3 is 2.50 bits per heavy atom. The Morgan fingerprint density at radius 2 is 1.85 bits per heavy atom. The molecule has 0 amide bonds. The van der Waals surface area contributed by atoms with Gasteiger partial charge < -0.3 is 4.74 Å². The van der Waals surface area contributed by atoms with Crippen molar-refractivity contribution in [1.29, 1.82) is 0 Å². The predicted molar refractivity (Wildman–Crippen MR) is 105 cm³/mol. The summed E-state index contributed by atoms with van der Waals surface area (Å²) in [6.07, 6.45) is 4.18. The molecule has 1 saturated heterocycles. The average Bonchev–Trinajstić information content (AvgIpc) is 3.19. The fourth-order valence-corrected chi connectivity index (χ4v) is 4.99. The number of benzene rings is 1. The third-order valence-corrected chi connectivity index (χ3v) is 7.20. The number of halogens is 1. The van der Waals surface area contributed by atoms with Crippen LogP contribution < -0.4 is 4.74 Å². The highest BCUT2D eigenvalue weighted by molar-refractivity contribution is 7.99. The summed E-state index contributed by atoms with van der Waals surface area (Å²) in [4.78, 5) is 4.56. The zero-order chi connectivity index (χ0) is 18.4. The van der Waals surface area contributed by atoms with Gasteiger partial charge in [0.2, 0.25) is 10.0 Å². The summed E-state index contributed by atoms with van der Waals surface area (Å²) in [6, 6.07) is 10.7. The number of sulfonamides is 1. The van der Waals surface area contributed by atoms with E-state index in [1.807, 2.05) is 12.1 Å². The van der Waals surface area contributed by atoms with Crippen molar-refractivity contribution >= 4 is 33.4 Å². The third-order valence-electron chi connectivity index (χ3n) is 4.03. The van der Waals surface area contributed by atoms with Crippen LogP contribution in [0.25, 0.3) is 0 Å². The van der Waals surface area contributed by atoms with Gasteiger partial charge in [-0.25, -0.2) is 13.4 Å². The second-order valence-corrected chi connectivity index (χ2v) is 9.44. The summed E-state index contributed by atoms with van der Waals surface area (Å²) >= 11 is 7.42. The third kappa shape index (κ3) is 5.13. The maximum atomic E-state index is 12.5. The van der Waals surface area contributed by atoms with Crippen LogP contribution in [0.3, 0.4) is 0 Å². The van der Waals surface area contributed by atoms with Gasteiger partial charge >= 0.3 is 0 Å². The Labute approximate surface area is 163 Å². The molecule has 3 rings (SSSR count). The zero-order valence-corrected chi connectivity index (χ0v) is 16.7. The van der Waals surface area contributed by atoms with E-state index in [0.717, 1.165) is 35.8 Å². The number of nitrogens with zero attached hydrogens (tertiary/aromatic N) is 2. The molecule has 2 heterocycles. The fourth-order valence-electron chi connectivity index (χ4n) is 2.64. The smallest absolute Gasteiger partial charge is 0.244 e. The summed E-state index contributed by atoms with van der Waals surface area (Å²) in [6.45, 7) is 1.81. The molecule has 140 valence electrons. The zero-order valence-electron chi connectivity index (χ0n) is 14.3. The van der Waals surface area contributed by atoms with Crippen LogP contribution in [0, 0.1) is 0 Å². The van der Waals surface area contributed by atoms with E-state index in [1.54, 1.807) is 36.0 Å². The van der Waals surface area contributed by atoms with E-state index in [-0.39, 0.29) is 4.90 Å². The lowest BCUT2D eigenvalue weighted by Crippen LogP contribution is -2.27. The molecular formula is C18H21ClN2O3S2. The van der Waals surface area contributed by atoms with Crippen molar-refractivity contribution in [2.75, 3.05) is 25.4 Å². The molecule has 0 N–H and O–H groups in total. The number of pyridine rings is 1. The largest absolute Gasteiger partial charge is 0.494 e. The lowest BCUT2D eigenvalue weighted by Gasteiger charge is -2.15. The van der Waals surface area contributed by atoms with Gasteiger partial charge in [-0.1, -0.05) is 11.6 Å². The Morgan fingerprint density at radius 1 is 1.12 bits per heavy atom. The van der Waals surface area contributed by atoms with Gasteiger partial charge in [0.15, 0.2) is 0 Å². The highest BCUT2D eigenvalue weighted by Crippen LogP contribution is 2.23. The minimum Gasteiger partial charge on any atom is -0.494 e. The second kappa shape index (κ2) is 9.08. The van der Waals surface area contributed by atoms with Crippen LogP contribution in [0.4, 0.5) is 0 Å². The first kappa shape index (κ1) is 19.5. The van der Waals surface area contributed by atoms with Gasteiger partial charge in [0.05, 0.1) is 11.6 Å². The van der Waals surface area contributed by atoms with Crippen LogP contribution in [0.1, 0.15) is 19.3 Å². The van der Waals surface area contributed by atoms with Gasteiger partial charge in [0, 0.05) is 30.1 Å². The normalized spacial score (nSPS) is 15.3. The van der Waals surface area contributed by atoms with Gasteiger partial charge in [0.1, 0.15) is 10.6 Å². The van der Waals surface area contributed by atoms with Gasteiger partial charge in [-0.3, -0.25) is 0 Å². The monoisotopic (exact) mass is 412 g/mol. The molecule has 1 aliphatic heterocycles. The number of aromatic nitrogens is 1. The molecule has 26 heavy (non-hydrogen) atoms. The van der Waals surface area contributed by atoms with Crippen molar-refractivity contribution in [2.24, 2.45) is 0 Å². The predicted octanol–water partition coefficient (Wildman–Crippen LogP) is 4.08. The van der Waals surface area contributed by atoms with E-state index in [2.05, 4.69) is 4.98 Å². The minimum absolute atomic E-state index is 0.273. The molecule has 1 aromatic carbocycles. The number of hydrogen-bond acceptors (Lipinski definition) is 5. The number of thioether (sulfide) groups is 1. The minimum atomic E-state index is -3.39. The van der Waals surface area contributed by atoms with Gasteiger partial charge in [-0.05, 0) is 55.7 Å². The van der Waals surface area contributed by atoms with E-state index in [0.29, 0.717) is 24.7 Å². The SMILES string of the molecule is O=S(=O)(c1ccc(SCCCOc2ccc(Cl)cc2)nc1)N1CCCC1. The maximum Gasteiger partial charge on any atom is 0.244 e. The molecule has 0 unspecified atom stereocenters. The van der Waals surface area contributed by atoms with E-state index in [4.69, 9.17) is 16.3 Å². The van der Waals surface area contributed by atoms with Crippen LogP contribution in [0.2, 0.25) is 5.02 Å². The molecule has 2 aromatic rings. The Balaban J connectivity index is 1.43. The van der Waals surface area contributed by atoms with Gasteiger partial charge in [0.25, 0.3) is 0 Å². The Bertz CT molecular complexity index is 805. The van der Waals surface area contributed by atoms with E-state index < -0.39 is 10.0 Å². The summed E-state index contributed by atoms with van der Waals surface area (Å²) in [5.74, 6) is 1.65. The molecule has 0 radical (unpaired) electrons. The van der Waals surface area contributed by atoms with Crippen LogP contribution in [-0.2, 0) is 10.0 Å². The summed E-state index contributed by atoms with van der Waals surface area (Å²) in [5.41, 5.74) is 0. The fraction of sp³-hybridized carbons (Fsp3) is 0.389. The van der Waals surface area contributed by atoms with E-state index in [9.17, 15) is 8.42 Å². The number of rotatable bonds is 8. The first-order valence-electron chi connectivity index (χ1n) is 8.53. The van der Waals surface area contributed by atoms with Crippen molar-refractivity contribution in [3.63, 3.8) is 0 Å². The Hall–Kier alpha value is -1.28. The molecular weight excluding hydrogens is 392 g/mol. The molecule has 5 nitrogen and oxygen atoms in total. The first-order valence-corrected chi connectivity index (χ1v) is 11.3. The van der Waals surface area contributed by atoms with E-state index in [1.165, 1.54) is 10.5 Å². The molecule has 1 aromatic heterocycles. The quantitative estimate of drug-likeness (QED) is 0.483. The molecule has 0 saturated carbocycles. The van der Waals surface area contributed by atoms with Gasteiger partial charge in [-0.15, -0.1) is 11.8 Å². The van der Waals surface area contributed by atoms with Crippen molar-refractivity contribution < 1.29 is 13.2 Å². The van der Waals surface area contributed by atoms with Crippen molar-refractivity contribution in [3.05, 3.63) is 47.6 Å². The van der Waals surface area contributed by atoms with Crippen molar-refractivity contribution in [2.45, 2.75) is 29.2 Å². The molecule has 1 fully saturated rings. The standard InChI is InChI=1S/C18H21ClN2O3S2/c19-15-4-6-16(7-5-15)24-12-3-13-25-18-9-8-17(14-20-18)26(22,23)21-10-1-2-11-21/h4-9,14H,1-3,10-13H2. The molecule has 1 aliphatic rings. The number of ether oxygens (including phenoxy) is 1. The van der Waals surface area contributed by atoms with Crippen LogP contribution in [0.5, 0.6) is 5.75 Å². The number of hydrogen-bond donors (Lipinski definition) is 0. The maximum absolute atomic E-state index is 12.5. The summed E-state index contributed by atoms with van der Waals surface area (Å²) in [7, 11) is -3.39. The molecule has 0 bridgehead atoms. The van der Waals surface area contributed by atoms with Crippen molar-refractivity contribution in [3.8, 4) is 5.75 Å². The highest BCUT2D eigenvalue weighted by Gasteiger charge is 2.27. The Kier molecular flexibility index (Phi) is 6.80. The van der Waals surface area contributed by atoms with Crippen LogP contribution in [-0.4, -0.2) is 43.2 Å². The molecule has 0 aliphatic carbocycles. The molecule has 0 atom stereocenters. The lowest BCUT2D eigenvalue weighted by atomic mass is 10.3. The topological polar surface area (TPSA) is 59.5 Å². The lowest BCUT2D eigenvalue weighted by molar-refractivity contribution is 0.318. The highest BCUT2D eigenvalue weighted by atomic mass is 35.5. The summed E-state index contributed by atoms with van der Waals surface area (Å²) < 4.78 is 32.1. The van der Waals surface area contributed by atoms with Gasteiger partial charge in [-0.2, -0.15) is 4.31 Å². The average molecular weight is 413 g/mol. The molecule has 8 heteroatoms. The van der Waals surface area contributed by atoms with E-state index >= 15 is 0 Å². The summed E-state index contributed by atoms with van der Waals surface area (Å²) in [5, 5.41) is 1.51. The van der Waals surface area contributed by atoms with Crippen LogP contribution in [0.15, 0.2) is 52.5 Å². The first-order chi connectivity index (χ1) is 12.6.